The van der Waals surface area contributed by atoms with Crippen molar-refractivity contribution in [2.45, 2.75) is 24.7 Å². The second-order valence-electron chi connectivity index (χ2n) is 3.48. The first-order chi connectivity index (χ1) is 6.65. The van der Waals surface area contributed by atoms with Gasteiger partial charge in [0.1, 0.15) is 0 Å². The van der Waals surface area contributed by atoms with E-state index in [4.69, 9.17) is 14.6 Å². The van der Waals surface area contributed by atoms with Crippen LogP contribution in [-0.4, -0.2) is 50.6 Å². The summed E-state index contributed by atoms with van der Waals surface area (Å²) in [4.78, 5) is 10.9. The largest absolute Gasteiger partial charge is 0.481 e. The van der Waals surface area contributed by atoms with E-state index in [0.29, 0.717) is 6.42 Å². The highest BCUT2D eigenvalue weighted by Crippen LogP contribution is 2.30. The van der Waals surface area contributed by atoms with E-state index < -0.39 is 11.9 Å². The molecule has 1 fully saturated rings. The van der Waals surface area contributed by atoms with Gasteiger partial charge in [-0.3, -0.25) is 4.79 Å². The Morgan fingerprint density at radius 2 is 1.93 bits per heavy atom. The van der Waals surface area contributed by atoms with Gasteiger partial charge in [-0.25, -0.2) is 0 Å². The van der Waals surface area contributed by atoms with Gasteiger partial charge in [0, 0.05) is 20.3 Å². The Morgan fingerprint density at radius 3 is 2.29 bits per heavy atom. The van der Waals surface area contributed by atoms with Crippen molar-refractivity contribution >= 4 is 5.97 Å². The van der Waals surface area contributed by atoms with Crippen molar-refractivity contribution in [1.82, 2.24) is 5.32 Å². The van der Waals surface area contributed by atoms with Crippen LogP contribution < -0.4 is 5.32 Å². The molecule has 0 radical (unpaired) electrons. The molecule has 4 atom stereocenters. The Hall–Kier alpha value is -0.650. The molecule has 5 heteroatoms. The van der Waals surface area contributed by atoms with E-state index in [-0.39, 0.29) is 18.2 Å². The Morgan fingerprint density at radius 1 is 1.36 bits per heavy atom. The topological polar surface area (TPSA) is 67.8 Å². The van der Waals surface area contributed by atoms with Gasteiger partial charge in [0.05, 0.1) is 18.1 Å². The second kappa shape index (κ2) is 4.72. The SMILES string of the molecule is CN[C@@H]1C[C@H](C(=O)O)[C@@H](OC)[C@H]1OC. The summed E-state index contributed by atoms with van der Waals surface area (Å²) in [6.45, 7) is 0. The molecule has 0 spiro atoms. The number of ether oxygens (including phenoxy) is 2. The zero-order valence-corrected chi connectivity index (χ0v) is 8.69. The zero-order valence-electron chi connectivity index (χ0n) is 8.69. The zero-order chi connectivity index (χ0) is 10.7. The molecule has 5 nitrogen and oxygen atoms in total. The van der Waals surface area contributed by atoms with Crippen LogP contribution in [0.15, 0.2) is 0 Å². The number of rotatable bonds is 4. The van der Waals surface area contributed by atoms with Crippen molar-refractivity contribution < 1.29 is 19.4 Å². The lowest BCUT2D eigenvalue weighted by Crippen LogP contribution is -2.41. The van der Waals surface area contributed by atoms with Crippen LogP contribution in [0.3, 0.4) is 0 Å². The van der Waals surface area contributed by atoms with E-state index in [1.807, 2.05) is 0 Å². The van der Waals surface area contributed by atoms with Gasteiger partial charge in [-0.2, -0.15) is 0 Å². The molecule has 1 saturated carbocycles. The van der Waals surface area contributed by atoms with Crippen molar-refractivity contribution in [1.29, 1.82) is 0 Å². The van der Waals surface area contributed by atoms with Crippen LogP contribution in [0.1, 0.15) is 6.42 Å². The molecule has 0 aromatic carbocycles. The summed E-state index contributed by atoms with van der Waals surface area (Å²) in [6.07, 6.45) is -0.0101. The van der Waals surface area contributed by atoms with Crippen LogP contribution in [-0.2, 0) is 14.3 Å². The van der Waals surface area contributed by atoms with Crippen molar-refractivity contribution in [3.05, 3.63) is 0 Å². The van der Waals surface area contributed by atoms with Gasteiger partial charge in [-0.1, -0.05) is 0 Å². The summed E-state index contributed by atoms with van der Waals surface area (Å²) in [6, 6.07) is 0.0473. The van der Waals surface area contributed by atoms with Crippen LogP contribution in [0.2, 0.25) is 0 Å². The molecule has 1 aliphatic rings. The number of likely N-dealkylation sites (N-methyl/N-ethyl adjacent to an activating group) is 1. The highest BCUT2D eigenvalue weighted by molar-refractivity contribution is 5.71. The van der Waals surface area contributed by atoms with E-state index in [1.165, 1.54) is 7.11 Å². The van der Waals surface area contributed by atoms with E-state index in [9.17, 15) is 4.79 Å². The van der Waals surface area contributed by atoms with Crippen LogP contribution in [0, 0.1) is 5.92 Å². The van der Waals surface area contributed by atoms with Gasteiger partial charge >= 0.3 is 5.97 Å². The molecule has 0 saturated heterocycles. The number of carboxylic acid groups (broad SMARTS) is 1. The fourth-order valence-corrected chi connectivity index (χ4v) is 2.12. The molecule has 0 aromatic rings. The van der Waals surface area contributed by atoms with Crippen molar-refractivity contribution in [3.63, 3.8) is 0 Å². The summed E-state index contributed by atoms with van der Waals surface area (Å²) >= 11 is 0. The van der Waals surface area contributed by atoms with Gasteiger partial charge in [0.25, 0.3) is 0 Å². The van der Waals surface area contributed by atoms with Crippen LogP contribution >= 0.6 is 0 Å². The minimum Gasteiger partial charge on any atom is -0.481 e. The molecule has 1 rings (SSSR count). The van der Waals surface area contributed by atoms with Gasteiger partial charge in [-0.05, 0) is 13.5 Å². The van der Waals surface area contributed by atoms with E-state index in [2.05, 4.69) is 5.32 Å². The summed E-state index contributed by atoms with van der Waals surface area (Å²) in [5.41, 5.74) is 0. The Kier molecular flexibility index (Phi) is 3.86. The Bertz CT molecular complexity index is 209. The highest BCUT2D eigenvalue weighted by atomic mass is 16.5. The van der Waals surface area contributed by atoms with Crippen LogP contribution in [0.25, 0.3) is 0 Å². The first-order valence-electron chi connectivity index (χ1n) is 4.61. The quantitative estimate of drug-likeness (QED) is 0.657. The summed E-state index contributed by atoms with van der Waals surface area (Å²) in [5.74, 6) is -1.31. The lowest BCUT2D eigenvalue weighted by Gasteiger charge is -2.22. The van der Waals surface area contributed by atoms with E-state index in [1.54, 1.807) is 14.2 Å². The number of carboxylic acids is 1. The molecule has 82 valence electrons. The number of aliphatic carboxylic acids is 1. The molecule has 0 unspecified atom stereocenters. The maximum Gasteiger partial charge on any atom is 0.309 e. The second-order valence-corrected chi connectivity index (χ2v) is 3.48. The standard InChI is InChI=1S/C9H17NO4/c1-10-6-4-5(9(11)12)7(13-2)8(6)14-3/h5-8,10H,4H2,1-3H3,(H,11,12)/t5-,6+,7+,8-/m0/s1. The Labute approximate surface area is 83.4 Å². The maximum absolute atomic E-state index is 10.9. The summed E-state index contributed by atoms with van der Waals surface area (Å²) in [5, 5.41) is 12.0. The monoisotopic (exact) mass is 203 g/mol. The average molecular weight is 203 g/mol. The molecular formula is C9H17NO4. The molecule has 2 N–H and O–H groups in total. The number of nitrogens with one attached hydrogen (secondary N) is 1. The first kappa shape index (κ1) is 11.4. The smallest absolute Gasteiger partial charge is 0.309 e. The van der Waals surface area contributed by atoms with Crippen LogP contribution in [0.5, 0.6) is 0 Å². The maximum atomic E-state index is 10.9. The third-order valence-electron chi connectivity index (χ3n) is 2.86. The van der Waals surface area contributed by atoms with E-state index >= 15 is 0 Å². The molecule has 14 heavy (non-hydrogen) atoms. The van der Waals surface area contributed by atoms with E-state index in [0.717, 1.165) is 0 Å². The molecule has 0 heterocycles. The molecule has 0 bridgehead atoms. The fraction of sp³-hybridized carbons (Fsp3) is 0.889. The lowest BCUT2D eigenvalue weighted by molar-refractivity contribution is -0.147. The molecule has 0 amide bonds. The van der Waals surface area contributed by atoms with Crippen molar-refractivity contribution in [2.24, 2.45) is 5.92 Å². The molecular weight excluding hydrogens is 186 g/mol. The predicted octanol–water partition coefficient (Wildman–Crippen LogP) is -0.291. The normalized spacial score (nSPS) is 37.4. The van der Waals surface area contributed by atoms with Crippen LogP contribution in [0.4, 0.5) is 0 Å². The minimum absolute atomic E-state index is 0.0473. The lowest BCUT2D eigenvalue weighted by atomic mass is 10.1. The van der Waals surface area contributed by atoms with Gasteiger partial charge in [0.2, 0.25) is 0 Å². The summed E-state index contributed by atoms with van der Waals surface area (Å²) in [7, 11) is 4.89. The number of hydrogen-bond donors (Lipinski definition) is 2. The molecule has 0 aliphatic heterocycles. The third-order valence-corrected chi connectivity index (χ3v) is 2.86. The minimum atomic E-state index is -0.823. The highest BCUT2D eigenvalue weighted by Gasteiger charge is 2.46. The Balaban J connectivity index is 2.78. The van der Waals surface area contributed by atoms with Crippen molar-refractivity contribution in [3.8, 4) is 0 Å². The average Bonchev–Trinajstić information content (AvgIpc) is 2.54. The number of methoxy groups -OCH3 is 2. The fourth-order valence-electron chi connectivity index (χ4n) is 2.12. The summed E-state index contributed by atoms with van der Waals surface area (Å²) < 4.78 is 10.4. The third kappa shape index (κ3) is 1.89. The molecule has 1 aliphatic carbocycles. The van der Waals surface area contributed by atoms with Gasteiger partial charge < -0.3 is 19.9 Å². The number of hydrogen-bond acceptors (Lipinski definition) is 4. The van der Waals surface area contributed by atoms with Crippen molar-refractivity contribution in [2.75, 3.05) is 21.3 Å². The van der Waals surface area contributed by atoms with Gasteiger partial charge in [-0.15, -0.1) is 0 Å². The number of carbonyl (C=O) groups is 1. The predicted molar refractivity (Wildman–Crippen MR) is 50.2 cm³/mol. The van der Waals surface area contributed by atoms with Gasteiger partial charge in [0.15, 0.2) is 0 Å². The first-order valence-corrected chi connectivity index (χ1v) is 4.61. The molecule has 0 aromatic heterocycles.